The summed E-state index contributed by atoms with van der Waals surface area (Å²) in [5.74, 6) is -1.32. The van der Waals surface area contributed by atoms with Crippen LogP contribution < -0.4 is 5.32 Å². The minimum atomic E-state index is -1.01. The van der Waals surface area contributed by atoms with Gasteiger partial charge in [-0.2, -0.15) is 0 Å². The van der Waals surface area contributed by atoms with E-state index in [1.807, 2.05) is 30.3 Å². The number of hydrogen-bond acceptors (Lipinski definition) is 3. The SMILES string of the molecule is O=C(O)C(CCc1ccccc1)NC(=O)[C@H]1CCCO1. The Morgan fingerprint density at radius 2 is 2.10 bits per heavy atom. The van der Waals surface area contributed by atoms with Gasteiger partial charge in [-0.1, -0.05) is 30.3 Å². The maximum absolute atomic E-state index is 11.9. The molecule has 1 unspecified atom stereocenters. The van der Waals surface area contributed by atoms with Crippen molar-refractivity contribution < 1.29 is 19.4 Å². The summed E-state index contributed by atoms with van der Waals surface area (Å²) in [7, 11) is 0. The van der Waals surface area contributed by atoms with E-state index in [4.69, 9.17) is 4.74 Å². The molecule has 1 saturated heterocycles. The van der Waals surface area contributed by atoms with Crippen LogP contribution in [-0.4, -0.2) is 35.7 Å². The maximum Gasteiger partial charge on any atom is 0.326 e. The maximum atomic E-state index is 11.9. The van der Waals surface area contributed by atoms with E-state index in [2.05, 4.69) is 5.32 Å². The van der Waals surface area contributed by atoms with Gasteiger partial charge in [0, 0.05) is 6.61 Å². The van der Waals surface area contributed by atoms with E-state index >= 15 is 0 Å². The fourth-order valence-electron chi connectivity index (χ4n) is 2.26. The lowest BCUT2D eigenvalue weighted by atomic mass is 10.0. The second-order valence-corrected chi connectivity index (χ2v) is 4.93. The molecule has 20 heavy (non-hydrogen) atoms. The number of nitrogens with one attached hydrogen (secondary N) is 1. The zero-order valence-corrected chi connectivity index (χ0v) is 11.2. The minimum Gasteiger partial charge on any atom is -0.480 e. The summed E-state index contributed by atoms with van der Waals surface area (Å²) in [6.07, 6.45) is 2.01. The van der Waals surface area contributed by atoms with Crippen LogP contribution in [0.3, 0.4) is 0 Å². The van der Waals surface area contributed by atoms with Crippen LogP contribution in [0.25, 0.3) is 0 Å². The highest BCUT2D eigenvalue weighted by atomic mass is 16.5. The molecule has 2 N–H and O–H groups in total. The normalized spacial score (nSPS) is 19.5. The van der Waals surface area contributed by atoms with Crippen LogP contribution in [0.5, 0.6) is 0 Å². The zero-order chi connectivity index (χ0) is 14.4. The summed E-state index contributed by atoms with van der Waals surface area (Å²) in [6, 6.07) is 8.76. The number of hydrogen-bond donors (Lipinski definition) is 2. The molecule has 1 aromatic rings. The van der Waals surface area contributed by atoms with Gasteiger partial charge in [0.05, 0.1) is 0 Å². The molecule has 5 heteroatoms. The van der Waals surface area contributed by atoms with Gasteiger partial charge in [0.25, 0.3) is 0 Å². The van der Waals surface area contributed by atoms with E-state index in [1.165, 1.54) is 0 Å². The highest BCUT2D eigenvalue weighted by Gasteiger charge is 2.27. The summed E-state index contributed by atoms with van der Waals surface area (Å²) in [5.41, 5.74) is 1.06. The lowest BCUT2D eigenvalue weighted by Crippen LogP contribution is -2.45. The molecule has 2 atom stereocenters. The molecule has 0 radical (unpaired) electrons. The van der Waals surface area contributed by atoms with Crippen molar-refractivity contribution in [1.29, 1.82) is 0 Å². The molecule has 0 spiro atoms. The average Bonchev–Trinajstić information content (AvgIpc) is 2.98. The Kier molecular flexibility index (Phi) is 5.12. The van der Waals surface area contributed by atoms with Crippen LogP contribution in [-0.2, 0) is 20.7 Å². The number of aliphatic carboxylic acids is 1. The van der Waals surface area contributed by atoms with Gasteiger partial charge < -0.3 is 15.2 Å². The number of rotatable bonds is 6. The first kappa shape index (κ1) is 14.5. The predicted molar refractivity (Wildman–Crippen MR) is 73.3 cm³/mol. The zero-order valence-electron chi connectivity index (χ0n) is 11.2. The van der Waals surface area contributed by atoms with Crippen LogP contribution in [0.1, 0.15) is 24.8 Å². The molecule has 0 aliphatic carbocycles. The summed E-state index contributed by atoms with van der Waals surface area (Å²) in [4.78, 5) is 23.1. The van der Waals surface area contributed by atoms with Crippen molar-refractivity contribution in [2.24, 2.45) is 0 Å². The summed E-state index contributed by atoms with van der Waals surface area (Å²) in [5, 5.41) is 11.8. The number of carboxylic acids is 1. The molecule has 1 heterocycles. The molecule has 1 aliphatic heterocycles. The number of ether oxygens (including phenoxy) is 1. The highest BCUT2D eigenvalue weighted by molar-refractivity contribution is 5.86. The van der Waals surface area contributed by atoms with E-state index in [-0.39, 0.29) is 5.91 Å². The number of carbonyl (C=O) groups excluding carboxylic acids is 1. The van der Waals surface area contributed by atoms with Crippen LogP contribution in [0.4, 0.5) is 0 Å². The first-order chi connectivity index (χ1) is 9.66. The van der Waals surface area contributed by atoms with Crippen LogP contribution >= 0.6 is 0 Å². The fourth-order valence-corrected chi connectivity index (χ4v) is 2.26. The Balaban J connectivity index is 1.87. The summed E-state index contributed by atoms with van der Waals surface area (Å²) in [6.45, 7) is 0.569. The number of amides is 1. The Morgan fingerprint density at radius 3 is 2.70 bits per heavy atom. The minimum absolute atomic E-state index is 0.317. The van der Waals surface area contributed by atoms with Gasteiger partial charge in [0.15, 0.2) is 0 Å². The quantitative estimate of drug-likeness (QED) is 0.823. The third-order valence-corrected chi connectivity index (χ3v) is 3.40. The second-order valence-electron chi connectivity index (χ2n) is 4.93. The number of aryl methyl sites for hydroxylation is 1. The molecule has 5 nitrogen and oxygen atoms in total. The van der Waals surface area contributed by atoms with Gasteiger partial charge in [-0.25, -0.2) is 4.79 Å². The first-order valence-corrected chi connectivity index (χ1v) is 6.85. The third kappa shape index (κ3) is 4.06. The molecular weight excluding hydrogens is 258 g/mol. The van der Waals surface area contributed by atoms with Crippen molar-refractivity contribution >= 4 is 11.9 Å². The van der Waals surface area contributed by atoms with Crippen molar-refractivity contribution in [3.05, 3.63) is 35.9 Å². The molecule has 108 valence electrons. The van der Waals surface area contributed by atoms with Crippen molar-refractivity contribution in [2.45, 2.75) is 37.8 Å². The molecule has 0 bridgehead atoms. The molecule has 1 aromatic carbocycles. The second kappa shape index (κ2) is 7.05. The van der Waals surface area contributed by atoms with Crippen LogP contribution in [0, 0.1) is 0 Å². The molecule has 1 fully saturated rings. The Bertz CT molecular complexity index is 454. The Morgan fingerprint density at radius 1 is 1.35 bits per heavy atom. The highest BCUT2D eigenvalue weighted by Crippen LogP contribution is 2.13. The lowest BCUT2D eigenvalue weighted by Gasteiger charge is -2.17. The van der Waals surface area contributed by atoms with Crippen LogP contribution in [0.15, 0.2) is 30.3 Å². The van der Waals surface area contributed by atoms with E-state index in [9.17, 15) is 14.7 Å². The number of benzene rings is 1. The van der Waals surface area contributed by atoms with Gasteiger partial charge in [-0.15, -0.1) is 0 Å². The molecule has 1 amide bonds. The van der Waals surface area contributed by atoms with E-state index in [0.29, 0.717) is 25.9 Å². The fraction of sp³-hybridized carbons (Fsp3) is 0.467. The third-order valence-electron chi connectivity index (χ3n) is 3.40. The Labute approximate surface area is 117 Å². The topological polar surface area (TPSA) is 75.6 Å². The Hall–Kier alpha value is -1.88. The van der Waals surface area contributed by atoms with Gasteiger partial charge >= 0.3 is 5.97 Å². The van der Waals surface area contributed by atoms with Crippen molar-refractivity contribution in [2.75, 3.05) is 6.61 Å². The van der Waals surface area contributed by atoms with Crippen molar-refractivity contribution in [3.63, 3.8) is 0 Å². The van der Waals surface area contributed by atoms with Gasteiger partial charge in [-0.05, 0) is 31.2 Å². The standard InChI is InChI=1S/C15H19NO4/c17-14(13-7-4-10-20-13)16-12(15(18)19)9-8-11-5-2-1-3-6-11/h1-3,5-6,12-13H,4,7-10H2,(H,16,17)(H,18,19)/t12?,13-/m1/s1. The largest absolute Gasteiger partial charge is 0.480 e. The van der Waals surface area contributed by atoms with Crippen molar-refractivity contribution in [1.82, 2.24) is 5.32 Å². The predicted octanol–water partition coefficient (Wildman–Crippen LogP) is 1.37. The lowest BCUT2D eigenvalue weighted by molar-refractivity contribution is -0.143. The van der Waals surface area contributed by atoms with E-state index in [0.717, 1.165) is 12.0 Å². The van der Waals surface area contributed by atoms with Gasteiger partial charge in [0.1, 0.15) is 12.1 Å². The molecule has 0 aromatic heterocycles. The first-order valence-electron chi connectivity index (χ1n) is 6.85. The van der Waals surface area contributed by atoms with Gasteiger partial charge in [-0.3, -0.25) is 4.79 Å². The van der Waals surface area contributed by atoms with Gasteiger partial charge in [0.2, 0.25) is 5.91 Å². The summed E-state index contributed by atoms with van der Waals surface area (Å²) >= 11 is 0. The monoisotopic (exact) mass is 277 g/mol. The average molecular weight is 277 g/mol. The molecule has 0 saturated carbocycles. The molecular formula is C15H19NO4. The van der Waals surface area contributed by atoms with E-state index in [1.54, 1.807) is 0 Å². The van der Waals surface area contributed by atoms with Crippen molar-refractivity contribution in [3.8, 4) is 0 Å². The molecule has 1 aliphatic rings. The molecule has 2 rings (SSSR count). The number of carboxylic acid groups (broad SMARTS) is 1. The summed E-state index contributed by atoms with van der Waals surface area (Å²) < 4.78 is 5.25. The number of carbonyl (C=O) groups is 2. The van der Waals surface area contributed by atoms with E-state index < -0.39 is 18.1 Å². The smallest absolute Gasteiger partial charge is 0.326 e. The van der Waals surface area contributed by atoms with Crippen LogP contribution in [0.2, 0.25) is 0 Å².